The standard InChI is InChI=1S/C31H53N5O8/c1-17(2)15-43-30(42)44-16-22(18(3)4)34-29(41)35-25(31(6,7)8)28(40)36-14-19(5)12-23(36)27(39)33-21(24(37)26(32)38)13-20-10-9-11-20/h17-23,25H,9-16H2,1-8H3,(H2,32,38)(H,33,39)(H2,34,35,41)/t19-,21?,22-,23?,25?/m1/s1. The van der Waals surface area contributed by atoms with Crippen molar-refractivity contribution in [3.63, 3.8) is 0 Å². The number of nitrogens with zero attached hydrogens (tertiary/aromatic N) is 1. The van der Waals surface area contributed by atoms with E-state index in [1.807, 2.05) is 34.6 Å². The summed E-state index contributed by atoms with van der Waals surface area (Å²) in [6.07, 6.45) is 2.72. The molecular weight excluding hydrogens is 570 g/mol. The number of ether oxygens (including phenoxy) is 2. The van der Waals surface area contributed by atoms with Crippen LogP contribution >= 0.6 is 0 Å². The normalized spacial score (nSPS) is 20.7. The van der Waals surface area contributed by atoms with Crippen LogP contribution in [0, 0.1) is 29.1 Å². The first kappa shape index (κ1) is 36.8. The first-order valence-electron chi connectivity index (χ1n) is 15.7. The number of urea groups is 1. The summed E-state index contributed by atoms with van der Waals surface area (Å²) in [6, 6.07) is -4.12. The van der Waals surface area contributed by atoms with E-state index in [9.17, 15) is 28.8 Å². The lowest BCUT2D eigenvalue weighted by molar-refractivity contribution is -0.143. The van der Waals surface area contributed by atoms with Crippen molar-refractivity contribution in [1.82, 2.24) is 20.9 Å². The molecule has 5 atom stereocenters. The molecule has 1 aliphatic heterocycles. The molecule has 0 bridgehead atoms. The van der Waals surface area contributed by atoms with Gasteiger partial charge in [-0.25, -0.2) is 9.59 Å². The van der Waals surface area contributed by atoms with Crippen LogP contribution in [0.2, 0.25) is 0 Å². The molecule has 1 saturated heterocycles. The summed E-state index contributed by atoms with van der Waals surface area (Å²) < 4.78 is 10.2. The first-order valence-corrected chi connectivity index (χ1v) is 15.7. The van der Waals surface area contributed by atoms with Gasteiger partial charge in [0.1, 0.15) is 18.7 Å². The Labute approximate surface area is 261 Å². The molecule has 1 aliphatic carbocycles. The summed E-state index contributed by atoms with van der Waals surface area (Å²) in [4.78, 5) is 78.2. The van der Waals surface area contributed by atoms with E-state index in [-0.39, 0.29) is 43.4 Å². The SMILES string of the molecule is CC(C)COC(=O)OC[C@@H](NC(=O)NC(C(=O)N1C[C@H](C)CC1C(=O)NC(CC1CCC1)C(=O)C(N)=O)C(C)(C)C)C(C)C. The number of hydrogen-bond donors (Lipinski definition) is 4. The van der Waals surface area contributed by atoms with E-state index in [1.165, 1.54) is 4.90 Å². The molecule has 13 nitrogen and oxygen atoms in total. The molecule has 1 saturated carbocycles. The van der Waals surface area contributed by atoms with Gasteiger partial charge < -0.3 is 36.1 Å². The summed E-state index contributed by atoms with van der Waals surface area (Å²) >= 11 is 0. The number of hydrogen-bond acceptors (Lipinski definition) is 8. The zero-order chi connectivity index (χ0) is 33.4. The van der Waals surface area contributed by atoms with Crippen molar-refractivity contribution in [2.24, 2.45) is 34.8 Å². The second-order valence-corrected chi connectivity index (χ2v) is 14.2. The van der Waals surface area contributed by atoms with Crippen LogP contribution in [0.4, 0.5) is 9.59 Å². The average Bonchev–Trinajstić information content (AvgIpc) is 3.29. The number of Topliss-reactive ketones (excluding diaryl/α,β-unsaturated/α-hetero) is 1. The second-order valence-electron chi connectivity index (χ2n) is 14.2. The number of rotatable bonds is 14. The topological polar surface area (TPSA) is 186 Å². The van der Waals surface area contributed by atoms with Gasteiger partial charge in [-0.05, 0) is 41.9 Å². The van der Waals surface area contributed by atoms with Crippen molar-refractivity contribution in [3.8, 4) is 0 Å². The minimum atomic E-state index is -1.11. The molecule has 250 valence electrons. The van der Waals surface area contributed by atoms with E-state index in [2.05, 4.69) is 16.0 Å². The quantitative estimate of drug-likeness (QED) is 0.168. The lowest BCUT2D eigenvalue weighted by atomic mass is 9.80. The van der Waals surface area contributed by atoms with Gasteiger partial charge in [-0.15, -0.1) is 0 Å². The van der Waals surface area contributed by atoms with E-state index < -0.39 is 65.3 Å². The Morgan fingerprint density at radius 1 is 0.932 bits per heavy atom. The highest BCUT2D eigenvalue weighted by atomic mass is 16.7. The van der Waals surface area contributed by atoms with Crippen LogP contribution in [0.25, 0.3) is 0 Å². The monoisotopic (exact) mass is 623 g/mol. The van der Waals surface area contributed by atoms with Gasteiger partial charge in [-0.1, -0.05) is 74.7 Å². The van der Waals surface area contributed by atoms with Crippen molar-refractivity contribution in [1.29, 1.82) is 0 Å². The van der Waals surface area contributed by atoms with Gasteiger partial charge in [-0.3, -0.25) is 19.2 Å². The molecule has 0 aromatic rings. The molecule has 1 heterocycles. The van der Waals surface area contributed by atoms with Crippen molar-refractivity contribution >= 4 is 35.7 Å². The third-order valence-corrected chi connectivity index (χ3v) is 8.19. The number of primary amides is 1. The van der Waals surface area contributed by atoms with Crippen LogP contribution in [0.15, 0.2) is 0 Å². The highest BCUT2D eigenvalue weighted by Crippen LogP contribution is 2.32. The van der Waals surface area contributed by atoms with Crippen LogP contribution in [-0.2, 0) is 28.7 Å². The number of amides is 5. The summed E-state index contributed by atoms with van der Waals surface area (Å²) in [7, 11) is 0. The van der Waals surface area contributed by atoms with Crippen LogP contribution in [0.1, 0.15) is 87.5 Å². The van der Waals surface area contributed by atoms with Gasteiger partial charge in [0.25, 0.3) is 5.91 Å². The highest BCUT2D eigenvalue weighted by molar-refractivity contribution is 6.37. The van der Waals surface area contributed by atoms with Gasteiger partial charge in [0.15, 0.2) is 0 Å². The van der Waals surface area contributed by atoms with Crippen molar-refractivity contribution in [2.75, 3.05) is 19.8 Å². The molecule has 5 amide bonds. The Morgan fingerprint density at radius 2 is 1.55 bits per heavy atom. The number of ketones is 1. The Balaban J connectivity index is 2.14. The van der Waals surface area contributed by atoms with Crippen LogP contribution in [0.3, 0.4) is 0 Å². The molecule has 13 heteroatoms. The first-order chi connectivity index (χ1) is 20.4. The van der Waals surface area contributed by atoms with E-state index in [1.54, 1.807) is 20.8 Å². The maximum absolute atomic E-state index is 14.0. The Kier molecular flexibility index (Phi) is 13.5. The Bertz CT molecular complexity index is 1050. The second kappa shape index (κ2) is 16.1. The van der Waals surface area contributed by atoms with Crippen molar-refractivity contribution < 1.29 is 38.2 Å². The largest absolute Gasteiger partial charge is 0.508 e. The smallest absolute Gasteiger partial charge is 0.434 e. The molecule has 2 fully saturated rings. The number of nitrogens with two attached hydrogens (primary N) is 1. The van der Waals surface area contributed by atoms with Gasteiger partial charge in [0.2, 0.25) is 17.6 Å². The summed E-state index contributed by atoms with van der Waals surface area (Å²) in [5.74, 6) is -2.68. The zero-order valence-electron chi connectivity index (χ0n) is 27.6. The van der Waals surface area contributed by atoms with Crippen LogP contribution in [-0.4, -0.2) is 84.5 Å². The van der Waals surface area contributed by atoms with Gasteiger partial charge in [-0.2, -0.15) is 0 Å². The zero-order valence-corrected chi connectivity index (χ0v) is 27.6. The lowest BCUT2D eigenvalue weighted by Gasteiger charge is -2.36. The Hall–Kier alpha value is -3.38. The molecule has 0 aromatic carbocycles. The molecule has 3 unspecified atom stereocenters. The number of carbonyl (C=O) groups excluding carboxylic acids is 6. The molecule has 5 N–H and O–H groups in total. The molecule has 0 radical (unpaired) electrons. The molecule has 0 spiro atoms. The fraction of sp³-hybridized carbons (Fsp3) is 0.806. The van der Waals surface area contributed by atoms with E-state index in [0.717, 1.165) is 19.3 Å². The third kappa shape index (κ3) is 11.0. The van der Waals surface area contributed by atoms with Crippen molar-refractivity contribution in [3.05, 3.63) is 0 Å². The summed E-state index contributed by atoms with van der Waals surface area (Å²) in [5, 5.41) is 8.27. The molecular formula is C31H53N5O8. The van der Waals surface area contributed by atoms with Crippen molar-refractivity contribution in [2.45, 2.75) is 112 Å². The minimum absolute atomic E-state index is 0.0148. The van der Waals surface area contributed by atoms with E-state index in [4.69, 9.17) is 15.2 Å². The van der Waals surface area contributed by atoms with E-state index >= 15 is 0 Å². The Morgan fingerprint density at radius 3 is 2.05 bits per heavy atom. The molecule has 0 aromatic heterocycles. The number of nitrogens with one attached hydrogen (secondary N) is 3. The van der Waals surface area contributed by atoms with E-state index in [0.29, 0.717) is 12.8 Å². The van der Waals surface area contributed by atoms with Crippen LogP contribution in [0.5, 0.6) is 0 Å². The number of likely N-dealkylation sites (tertiary alicyclic amines) is 1. The van der Waals surface area contributed by atoms with Gasteiger partial charge in [0, 0.05) is 6.54 Å². The lowest BCUT2D eigenvalue weighted by Crippen LogP contribution is -2.61. The predicted octanol–water partition coefficient (Wildman–Crippen LogP) is 2.50. The summed E-state index contributed by atoms with van der Waals surface area (Å²) in [6.45, 7) is 15.2. The maximum Gasteiger partial charge on any atom is 0.508 e. The fourth-order valence-electron chi connectivity index (χ4n) is 5.26. The molecule has 2 aliphatic rings. The fourth-order valence-corrected chi connectivity index (χ4v) is 5.26. The minimum Gasteiger partial charge on any atom is -0.434 e. The van der Waals surface area contributed by atoms with Gasteiger partial charge >= 0.3 is 12.2 Å². The molecule has 2 rings (SSSR count). The van der Waals surface area contributed by atoms with Gasteiger partial charge in [0.05, 0.1) is 18.7 Å². The van der Waals surface area contributed by atoms with Crippen LogP contribution < -0.4 is 21.7 Å². The third-order valence-electron chi connectivity index (χ3n) is 8.19. The summed E-state index contributed by atoms with van der Waals surface area (Å²) in [5.41, 5.74) is 4.53. The molecule has 44 heavy (non-hydrogen) atoms. The maximum atomic E-state index is 14.0. The average molecular weight is 624 g/mol. The highest BCUT2D eigenvalue weighted by Gasteiger charge is 2.45. The predicted molar refractivity (Wildman–Crippen MR) is 163 cm³/mol. The number of carbonyl (C=O) groups is 6.